The molecule has 3 rings (SSSR count). The van der Waals surface area contributed by atoms with Crippen molar-refractivity contribution in [2.75, 3.05) is 24.8 Å². The first-order valence-corrected chi connectivity index (χ1v) is 10.5. The maximum atomic E-state index is 12.4. The zero-order valence-electron chi connectivity index (χ0n) is 15.7. The van der Waals surface area contributed by atoms with Gasteiger partial charge in [-0.25, -0.2) is 0 Å². The van der Waals surface area contributed by atoms with Gasteiger partial charge < -0.3 is 9.47 Å². The summed E-state index contributed by atoms with van der Waals surface area (Å²) in [6, 6.07) is 17.0. The van der Waals surface area contributed by atoms with Crippen molar-refractivity contribution in [3.8, 4) is 5.75 Å². The van der Waals surface area contributed by atoms with E-state index in [-0.39, 0.29) is 24.1 Å². The summed E-state index contributed by atoms with van der Waals surface area (Å²) in [4.78, 5) is 23.8. The number of hydrogen-bond acceptors (Lipinski definition) is 8. The van der Waals surface area contributed by atoms with E-state index >= 15 is 0 Å². The van der Waals surface area contributed by atoms with E-state index < -0.39 is 0 Å². The van der Waals surface area contributed by atoms with Crippen molar-refractivity contribution in [3.63, 3.8) is 0 Å². The highest BCUT2D eigenvalue weighted by Crippen LogP contribution is 2.26. The molecule has 3 aromatic rings. The molecule has 1 N–H and O–H groups in total. The number of anilines is 1. The monoisotopic (exact) mass is 429 g/mol. The Hall–Kier alpha value is -2.75. The average Bonchev–Trinajstić information content (AvgIpc) is 3.19. The molecule has 0 aliphatic heterocycles. The van der Waals surface area contributed by atoms with Gasteiger partial charge in [0.1, 0.15) is 19.0 Å². The Morgan fingerprint density at radius 1 is 1.07 bits per heavy atom. The molecule has 0 radical (unpaired) electrons. The van der Waals surface area contributed by atoms with Crippen LogP contribution in [0.5, 0.6) is 5.75 Å². The van der Waals surface area contributed by atoms with Crippen LogP contribution in [0, 0.1) is 0 Å². The van der Waals surface area contributed by atoms with Crippen molar-refractivity contribution < 1.29 is 19.1 Å². The minimum Gasteiger partial charge on any atom is -0.489 e. The van der Waals surface area contributed by atoms with Crippen molar-refractivity contribution >= 4 is 39.9 Å². The van der Waals surface area contributed by atoms with Gasteiger partial charge in [0.05, 0.1) is 5.75 Å². The lowest BCUT2D eigenvalue weighted by molar-refractivity contribution is -0.119. The Balaban J connectivity index is 1.47. The second kappa shape index (κ2) is 10.7. The van der Waals surface area contributed by atoms with Gasteiger partial charge in [-0.05, 0) is 29.8 Å². The van der Waals surface area contributed by atoms with Crippen LogP contribution in [0.1, 0.15) is 15.9 Å². The van der Waals surface area contributed by atoms with E-state index in [1.165, 1.54) is 30.2 Å². The SMILES string of the molecule is COCC(=O)Nc1nnc(SCC(=O)c2ccc(OCc3ccccc3)cc2)s1. The lowest BCUT2D eigenvalue weighted by Crippen LogP contribution is -2.16. The van der Waals surface area contributed by atoms with Crippen LogP contribution in [0.25, 0.3) is 0 Å². The van der Waals surface area contributed by atoms with E-state index in [0.717, 1.165) is 5.56 Å². The standard InChI is InChI=1S/C20H19N3O4S2/c1-26-12-18(25)21-19-22-23-20(29-19)28-13-17(24)15-7-9-16(10-8-15)27-11-14-5-3-2-4-6-14/h2-10H,11-13H2,1H3,(H,21,22,25). The first-order chi connectivity index (χ1) is 14.1. The van der Waals surface area contributed by atoms with E-state index in [0.29, 0.717) is 27.4 Å². The predicted octanol–water partition coefficient (Wildman–Crippen LogP) is 3.68. The van der Waals surface area contributed by atoms with Crippen LogP contribution in [0.2, 0.25) is 0 Å². The number of rotatable bonds is 10. The lowest BCUT2D eigenvalue weighted by atomic mass is 10.1. The summed E-state index contributed by atoms with van der Waals surface area (Å²) in [5, 5.41) is 10.8. The average molecular weight is 430 g/mol. The summed E-state index contributed by atoms with van der Waals surface area (Å²) in [6.07, 6.45) is 0. The highest BCUT2D eigenvalue weighted by atomic mass is 32.2. The molecule has 0 atom stereocenters. The lowest BCUT2D eigenvalue weighted by Gasteiger charge is -2.07. The number of Topliss-reactive ketones (excluding diaryl/α,β-unsaturated/α-hetero) is 1. The van der Waals surface area contributed by atoms with Crippen molar-refractivity contribution in [3.05, 3.63) is 65.7 Å². The van der Waals surface area contributed by atoms with Gasteiger partial charge in [0.15, 0.2) is 10.1 Å². The zero-order chi connectivity index (χ0) is 20.5. The summed E-state index contributed by atoms with van der Waals surface area (Å²) in [7, 11) is 1.44. The van der Waals surface area contributed by atoms with Gasteiger partial charge in [-0.3, -0.25) is 14.9 Å². The number of nitrogens with zero attached hydrogens (tertiary/aromatic N) is 2. The van der Waals surface area contributed by atoms with Gasteiger partial charge in [0, 0.05) is 12.7 Å². The van der Waals surface area contributed by atoms with E-state index in [4.69, 9.17) is 9.47 Å². The largest absolute Gasteiger partial charge is 0.489 e. The molecule has 29 heavy (non-hydrogen) atoms. The van der Waals surface area contributed by atoms with Crippen LogP contribution >= 0.6 is 23.1 Å². The minimum absolute atomic E-state index is 0.0234. The number of carbonyl (C=O) groups is 2. The molecule has 9 heteroatoms. The molecule has 0 saturated carbocycles. The summed E-state index contributed by atoms with van der Waals surface area (Å²) >= 11 is 2.49. The fourth-order valence-electron chi connectivity index (χ4n) is 2.29. The smallest absolute Gasteiger partial charge is 0.252 e. The Morgan fingerprint density at radius 2 is 1.83 bits per heavy atom. The van der Waals surface area contributed by atoms with E-state index in [9.17, 15) is 9.59 Å². The quantitative estimate of drug-likeness (QED) is 0.299. The van der Waals surface area contributed by atoms with Crippen LogP contribution in [-0.2, 0) is 16.1 Å². The van der Waals surface area contributed by atoms with Crippen LogP contribution in [0.3, 0.4) is 0 Å². The normalized spacial score (nSPS) is 10.5. The fourth-order valence-corrected chi connectivity index (χ4v) is 3.96. The topological polar surface area (TPSA) is 90.4 Å². The third kappa shape index (κ3) is 6.67. The summed E-state index contributed by atoms with van der Waals surface area (Å²) in [5.74, 6) is 0.611. The highest BCUT2D eigenvalue weighted by molar-refractivity contribution is 8.01. The predicted molar refractivity (Wildman–Crippen MR) is 113 cm³/mol. The molecule has 150 valence electrons. The molecular formula is C20H19N3O4S2. The zero-order valence-corrected chi connectivity index (χ0v) is 17.3. The first-order valence-electron chi connectivity index (χ1n) is 8.69. The van der Waals surface area contributed by atoms with Gasteiger partial charge in [-0.1, -0.05) is 53.4 Å². The van der Waals surface area contributed by atoms with Crippen LogP contribution < -0.4 is 10.1 Å². The molecule has 7 nitrogen and oxygen atoms in total. The molecule has 0 unspecified atom stereocenters. The third-order valence-corrected chi connectivity index (χ3v) is 5.65. The molecule has 0 aliphatic rings. The minimum atomic E-state index is -0.300. The van der Waals surface area contributed by atoms with E-state index in [2.05, 4.69) is 15.5 Å². The number of amides is 1. The van der Waals surface area contributed by atoms with Gasteiger partial charge in [-0.2, -0.15) is 0 Å². The maximum Gasteiger partial charge on any atom is 0.252 e. The van der Waals surface area contributed by atoms with Gasteiger partial charge >= 0.3 is 0 Å². The molecular weight excluding hydrogens is 410 g/mol. The number of ether oxygens (including phenoxy) is 2. The summed E-state index contributed by atoms with van der Waals surface area (Å²) in [5.41, 5.74) is 1.68. The molecule has 0 aliphatic carbocycles. The number of methoxy groups -OCH3 is 1. The number of aromatic nitrogens is 2. The summed E-state index contributed by atoms with van der Waals surface area (Å²) in [6.45, 7) is 0.426. The Morgan fingerprint density at radius 3 is 2.55 bits per heavy atom. The number of nitrogens with one attached hydrogen (secondary N) is 1. The highest BCUT2D eigenvalue weighted by Gasteiger charge is 2.12. The van der Waals surface area contributed by atoms with Crippen molar-refractivity contribution in [1.29, 1.82) is 0 Å². The Kier molecular flexibility index (Phi) is 7.74. The third-order valence-electron chi connectivity index (χ3n) is 3.68. The molecule has 0 fully saturated rings. The Labute approximate surface area is 176 Å². The number of carbonyl (C=O) groups excluding carboxylic acids is 2. The van der Waals surface area contributed by atoms with Gasteiger partial charge in [0.2, 0.25) is 5.13 Å². The van der Waals surface area contributed by atoms with Crippen LogP contribution in [-0.4, -0.2) is 41.4 Å². The molecule has 0 spiro atoms. The van der Waals surface area contributed by atoms with Crippen LogP contribution in [0.15, 0.2) is 58.9 Å². The molecule has 2 aromatic carbocycles. The molecule has 1 aromatic heterocycles. The van der Waals surface area contributed by atoms with Crippen molar-refractivity contribution in [1.82, 2.24) is 10.2 Å². The Bertz CT molecular complexity index is 946. The second-order valence-corrected chi connectivity index (χ2v) is 8.06. The summed E-state index contributed by atoms with van der Waals surface area (Å²) < 4.78 is 11.1. The second-order valence-electron chi connectivity index (χ2n) is 5.86. The van der Waals surface area contributed by atoms with Gasteiger partial charge in [0.25, 0.3) is 5.91 Å². The fraction of sp³-hybridized carbons (Fsp3) is 0.200. The van der Waals surface area contributed by atoms with E-state index in [1.54, 1.807) is 24.3 Å². The van der Waals surface area contributed by atoms with Crippen LogP contribution in [0.4, 0.5) is 5.13 Å². The molecule has 0 saturated heterocycles. The van der Waals surface area contributed by atoms with Crippen molar-refractivity contribution in [2.24, 2.45) is 0 Å². The molecule has 1 heterocycles. The van der Waals surface area contributed by atoms with Crippen molar-refractivity contribution in [2.45, 2.75) is 10.9 Å². The van der Waals surface area contributed by atoms with E-state index in [1.807, 2.05) is 30.3 Å². The maximum absolute atomic E-state index is 12.4. The first kappa shape index (κ1) is 21.0. The number of thioether (sulfide) groups is 1. The number of benzene rings is 2. The van der Waals surface area contributed by atoms with Gasteiger partial charge in [-0.15, -0.1) is 10.2 Å². The molecule has 0 bridgehead atoms. The molecule has 1 amide bonds. The number of ketones is 1. The number of hydrogen-bond donors (Lipinski definition) is 1.